The molecule has 3 aromatic rings. The number of hydrogen-bond acceptors (Lipinski definition) is 4. The van der Waals surface area contributed by atoms with Gasteiger partial charge in [0, 0.05) is 14.1 Å². The Morgan fingerprint density at radius 2 is 1.64 bits per heavy atom. The Hall–Kier alpha value is -3.59. The molecular formula is C24H24F2N4O2S. The number of amides is 3. The van der Waals surface area contributed by atoms with Crippen LogP contribution in [0.1, 0.15) is 28.9 Å². The molecule has 0 heterocycles. The highest BCUT2D eigenvalue weighted by Crippen LogP contribution is 2.31. The molecule has 0 radical (unpaired) electrons. The molecule has 33 heavy (non-hydrogen) atoms. The van der Waals surface area contributed by atoms with Crippen molar-refractivity contribution < 1.29 is 18.4 Å². The van der Waals surface area contributed by atoms with E-state index < -0.39 is 17.8 Å². The number of anilines is 3. The summed E-state index contributed by atoms with van der Waals surface area (Å²) in [6, 6.07) is 15.6. The normalized spacial score (nSPS) is 11.5. The van der Waals surface area contributed by atoms with Crippen LogP contribution in [-0.4, -0.2) is 26.0 Å². The molecule has 0 aliphatic heterocycles. The molecule has 0 spiro atoms. The fourth-order valence-corrected chi connectivity index (χ4v) is 3.34. The van der Waals surface area contributed by atoms with Crippen molar-refractivity contribution in [3.05, 3.63) is 89.5 Å². The van der Waals surface area contributed by atoms with E-state index in [0.717, 1.165) is 9.87 Å². The molecule has 6 nitrogen and oxygen atoms in total. The van der Waals surface area contributed by atoms with Crippen molar-refractivity contribution in [3.8, 4) is 0 Å². The van der Waals surface area contributed by atoms with Crippen LogP contribution in [0.3, 0.4) is 0 Å². The van der Waals surface area contributed by atoms with Gasteiger partial charge < -0.3 is 15.5 Å². The summed E-state index contributed by atoms with van der Waals surface area (Å²) in [5, 5.41) is 5.51. The second kappa shape index (κ2) is 10.4. The monoisotopic (exact) mass is 470 g/mol. The highest BCUT2D eigenvalue weighted by Gasteiger charge is 2.19. The number of carbonyl (C=O) groups excluding carboxylic acids is 2. The molecule has 2 N–H and O–H groups in total. The summed E-state index contributed by atoms with van der Waals surface area (Å²) < 4.78 is 28.2. The summed E-state index contributed by atoms with van der Waals surface area (Å²) in [7, 11) is 3.55. The first-order valence-corrected chi connectivity index (χ1v) is 10.5. The van der Waals surface area contributed by atoms with Gasteiger partial charge >= 0.3 is 6.03 Å². The van der Waals surface area contributed by atoms with Gasteiger partial charge in [-0.25, -0.2) is 17.9 Å². The van der Waals surface area contributed by atoms with Crippen LogP contribution in [0.25, 0.3) is 0 Å². The van der Waals surface area contributed by atoms with Crippen molar-refractivity contribution in [1.29, 1.82) is 0 Å². The maximum atomic E-state index is 14.0. The topological polar surface area (TPSA) is 64.7 Å². The molecule has 1 atom stereocenters. The Bertz CT molecular complexity index is 1160. The number of carbonyl (C=O) groups is 2. The summed E-state index contributed by atoms with van der Waals surface area (Å²) in [5.41, 5.74) is 2.16. The first kappa shape index (κ1) is 24.1. The zero-order valence-corrected chi connectivity index (χ0v) is 19.2. The van der Waals surface area contributed by atoms with Crippen LogP contribution in [0.15, 0.2) is 66.7 Å². The van der Waals surface area contributed by atoms with Crippen LogP contribution in [-0.2, 0) is 0 Å². The zero-order chi connectivity index (χ0) is 24.1. The van der Waals surface area contributed by atoms with Gasteiger partial charge in [0.05, 0.1) is 28.7 Å². The Morgan fingerprint density at radius 3 is 2.27 bits per heavy atom. The number of nitrogens with zero attached hydrogens (tertiary/aromatic N) is 2. The number of thiol groups is 1. The number of halogens is 2. The third kappa shape index (κ3) is 5.81. The predicted molar refractivity (Wildman–Crippen MR) is 130 cm³/mol. The molecule has 3 aromatic carbocycles. The van der Waals surface area contributed by atoms with Crippen LogP contribution in [0.4, 0.5) is 30.6 Å². The van der Waals surface area contributed by atoms with E-state index in [1.165, 1.54) is 30.3 Å². The lowest BCUT2D eigenvalue weighted by Gasteiger charge is -2.24. The van der Waals surface area contributed by atoms with E-state index in [1.807, 2.05) is 0 Å². The fourth-order valence-electron chi connectivity index (χ4n) is 3.16. The van der Waals surface area contributed by atoms with Gasteiger partial charge in [-0.15, -0.1) is 0 Å². The molecule has 0 saturated carbocycles. The van der Waals surface area contributed by atoms with E-state index >= 15 is 0 Å². The summed E-state index contributed by atoms with van der Waals surface area (Å²) in [5.74, 6) is -1.56. The molecule has 3 rings (SSSR count). The quantitative estimate of drug-likeness (QED) is 0.423. The van der Waals surface area contributed by atoms with Gasteiger partial charge in [-0.2, -0.15) is 0 Å². The standard InChI is InChI=1S/C24H24F2N4O2S/c1-15(16-8-10-17(25)11-9-16)27-24(32)30(33)18-12-13-21(22(14-18)29(2)3)28-23(31)19-6-4-5-7-20(19)26/h4-15,33H,1-3H3,(H,27,32)(H,28,31). The van der Waals surface area contributed by atoms with Gasteiger partial charge in [0.25, 0.3) is 5.91 Å². The van der Waals surface area contributed by atoms with Crippen molar-refractivity contribution in [3.63, 3.8) is 0 Å². The second-order valence-corrected chi connectivity index (χ2v) is 7.96. The average molecular weight is 471 g/mol. The van der Waals surface area contributed by atoms with Crippen molar-refractivity contribution in [2.45, 2.75) is 13.0 Å². The van der Waals surface area contributed by atoms with Gasteiger partial charge in [0.2, 0.25) is 0 Å². The van der Waals surface area contributed by atoms with E-state index in [2.05, 4.69) is 23.4 Å². The summed E-state index contributed by atoms with van der Waals surface area (Å²) in [6.45, 7) is 1.78. The maximum Gasteiger partial charge on any atom is 0.332 e. The van der Waals surface area contributed by atoms with E-state index in [1.54, 1.807) is 62.3 Å². The molecular weight excluding hydrogens is 446 g/mol. The zero-order valence-electron chi connectivity index (χ0n) is 18.3. The minimum Gasteiger partial charge on any atom is -0.376 e. The van der Waals surface area contributed by atoms with Gasteiger partial charge in [-0.1, -0.05) is 37.1 Å². The molecule has 172 valence electrons. The third-order valence-electron chi connectivity index (χ3n) is 4.98. The molecule has 0 saturated heterocycles. The molecule has 9 heteroatoms. The van der Waals surface area contributed by atoms with E-state index in [4.69, 9.17) is 0 Å². The number of urea groups is 1. The van der Waals surface area contributed by atoms with Crippen LogP contribution in [0.2, 0.25) is 0 Å². The van der Waals surface area contributed by atoms with E-state index in [0.29, 0.717) is 17.1 Å². The molecule has 0 fully saturated rings. The average Bonchev–Trinajstić information content (AvgIpc) is 2.79. The largest absolute Gasteiger partial charge is 0.376 e. The summed E-state index contributed by atoms with van der Waals surface area (Å²) >= 11 is 4.31. The summed E-state index contributed by atoms with van der Waals surface area (Å²) in [4.78, 5) is 27.0. The number of nitrogens with one attached hydrogen (secondary N) is 2. The first-order chi connectivity index (χ1) is 15.7. The Balaban J connectivity index is 1.77. The Kier molecular flexibility index (Phi) is 7.55. The minimum atomic E-state index is -0.619. The van der Waals surface area contributed by atoms with E-state index in [-0.39, 0.29) is 17.4 Å². The van der Waals surface area contributed by atoms with Crippen molar-refractivity contribution in [2.75, 3.05) is 28.6 Å². The van der Waals surface area contributed by atoms with E-state index in [9.17, 15) is 18.4 Å². The van der Waals surface area contributed by atoms with Gasteiger partial charge in [-0.3, -0.25) is 4.79 Å². The molecule has 0 bridgehead atoms. The molecule has 1 unspecified atom stereocenters. The van der Waals surface area contributed by atoms with Gasteiger partial charge in [0.15, 0.2) is 0 Å². The first-order valence-electron chi connectivity index (χ1n) is 10.1. The number of rotatable bonds is 6. The van der Waals surface area contributed by atoms with Crippen molar-refractivity contribution in [1.82, 2.24) is 5.32 Å². The fraction of sp³-hybridized carbons (Fsp3) is 0.167. The predicted octanol–water partition coefficient (Wildman–Crippen LogP) is 5.41. The molecule has 0 aliphatic rings. The highest BCUT2D eigenvalue weighted by atomic mass is 32.1. The molecule has 0 aromatic heterocycles. The SMILES string of the molecule is CC(NC(=O)N(S)c1ccc(NC(=O)c2ccccc2F)c(N(C)C)c1)c1ccc(F)cc1. The lowest BCUT2D eigenvalue weighted by atomic mass is 10.1. The van der Waals surface area contributed by atoms with Crippen LogP contribution in [0.5, 0.6) is 0 Å². The lowest BCUT2D eigenvalue weighted by Crippen LogP contribution is -2.35. The molecule has 0 aliphatic carbocycles. The number of hydrogen-bond donors (Lipinski definition) is 3. The van der Waals surface area contributed by atoms with Gasteiger partial charge in [-0.05, 0) is 55.0 Å². The van der Waals surface area contributed by atoms with Crippen LogP contribution < -0.4 is 19.8 Å². The van der Waals surface area contributed by atoms with Crippen LogP contribution >= 0.6 is 12.8 Å². The molecule has 3 amide bonds. The van der Waals surface area contributed by atoms with Gasteiger partial charge in [0.1, 0.15) is 11.6 Å². The third-order valence-corrected chi connectivity index (χ3v) is 5.39. The second-order valence-electron chi connectivity index (χ2n) is 7.56. The Morgan fingerprint density at radius 1 is 0.970 bits per heavy atom. The smallest absolute Gasteiger partial charge is 0.332 e. The van der Waals surface area contributed by atoms with Crippen molar-refractivity contribution in [2.24, 2.45) is 0 Å². The summed E-state index contributed by atoms with van der Waals surface area (Å²) in [6.07, 6.45) is 0. The number of benzene rings is 3. The highest BCUT2D eigenvalue weighted by molar-refractivity contribution is 7.82. The minimum absolute atomic E-state index is 0.0729. The Labute approximate surface area is 196 Å². The van der Waals surface area contributed by atoms with Crippen molar-refractivity contribution >= 4 is 41.8 Å². The maximum absolute atomic E-state index is 14.0. The lowest BCUT2D eigenvalue weighted by molar-refractivity contribution is 0.102. The van der Waals surface area contributed by atoms with Crippen LogP contribution in [0, 0.1) is 11.6 Å².